The number of hydrogen-bond donors (Lipinski definition) is 1. The third-order valence-electron chi connectivity index (χ3n) is 6.02. The van der Waals surface area contributed by atoms with Gasteiger partial charge < -0.3 is 14.8 Å². The van der Waals surface area contributed by atoms with Crippen molar-refractivity contribution in [2.45, 2.75) is 52.7 Å². The lowest BCUT2D eigenvalue weighted by molar-refractivity contribution is 0.0729. The van der Waals surface area contributed by atoms with E-state index in [1.54, 1.807) is 0 Å². The molecule has 4 rings (SSSR count). The zero-order valence-electron chi connectivity index (χ0n) is 19.0. The van der Waals surface area contributed by atoms with Crippen molar-refractivity contribution in [2.75, 3.05) is 13.6 Å². The summed E-state index contributed by atoms with van der Waals surface area (Å²) in [5.41, 5.74) is 4.07. The van der Waals surface area contributed by atoms with Crippen LogP contribution in [0.5, 0.6) is 0 Å². The van der Waals surface area contributed by atoms with Crippen LogP contribution in [-0.4, -0.2) is 34.0 Å². The van der Waals surface area contributed by atoms with Crippen LogP contribution < -0.4 is 5.32 Å². The van der Waals surface area contributed by atoms with E-state index in [4.69, 9.17) is 4.98 Å². The summed E-state index contributed by atoms with van der Waals surface area (Å²) < 4.78 is 2.35. The molecular formula is C26H34N4O. The van der Waals surface area contributed by atoms with Gasteiger partial charge in [-0.25, -0.2) is 4.98 Å². The van der Waals surface area contributed by atoms with Crippen LogP contribution in [0.4, 0.5) is 0 Å². The number of imidazole rings is 1. The smallest absolute Gasteiger partial charge is 0.254 e. The number of benzene rings is 2. The lowest BCUT2D eigenvalue weighted by atomic mass is 10.1. The average Bonchev–Trinajstić information content (AvgIpc) is 3.52. The molecule has 0 aliphatic heterocycles. The van der Waals surface area contributed by atoms with Gasteiger partial charge in [0.1, 0.15) is 5.82 Å². The maximum Gasteiger partial charge on any atom is 0.254 e. The molecule has 1 aliphatic carbocycles. The van der Waals surface area contributed by atoms with E-state index in [1.165, 1.54) is 18.4 Å². The number of carbonyl (C=O) groups is 1. The molecule has 5 heteroatoms. The summed E-state index contributed by atoms with van der Waals surface area (Å²) >= 11 is 0. The van der Waals surface area contributed by atoms with Crippen molar-refractivity contribution in [1.82, 2.24) is 19.8 Å². The summed E-state index contributed by atoms with van der Waals surface area (Å²) in [6.07, 6.45) is 3.56. The highest BCUT2D eigenvalue weighted by Gasteiger charge is 2.26. The average molecular weight is 419 g/mol. The number of para-hydroxylation sites is 2. The number of carbonyl (C=O) groups excluding carboxylic acids is 1. The van der Waals surface area contributed by atoms with Gasteiger partial charge in [-0.15, -0.1) is 0 Å². The van der Waals surface area contributed by atoms with E-state index in [0.29, 0.717) is 12.5 Å². The molecule has 0 radical (unpaired) electrons. The van der Waals surface area contributed by atoms with Gasteiger partial charge in [0.15, 0.2) is 0 Å². The number of aromatic nitrogens is 2. The number of nitrogens with zero attached hydrogens (tertiary/aromatic N) is 3. The molecule has 5 nitrogen and oxygen atoms in total. The van der Waals surface area contributed by atoms with Gasteiger partial charge >= 0.3 is 0 Å². The summed E-state index contributed by atoms with van der Waals surface area (Å²) in [6.45, 7) is 7.45. The predicted molar refractivity (Wildman–Crippen MR) is 126 cm³/mol. The lowest BCUT2D eigenvalue weighted by Gasteiger charge is -2.24. The summed E-state index contributed by atoms with van der Waals surface area (Å²) in [6, 6.07) is 16.3. The van der Waals surface area contributed by atoms with Gasteiger partial charge in [0.2, 0.25) is 0 Å². The Morgan fingerprint density at radius 3 is 2.74 bits per heavy atom. The maximum absolute atomic E-state index is 13.5. The minimum atomic E-state index is 0.0867. The molecule has 0 saturated heterocycles. The highest BCUT2D eigenvalue weighted by atomic mass is 16.2. The highest BCUT2D eigenvalue weighted by Crippen LogP contribution is 2.32. The normalized spacial score (nSPS) is 13.8. The lowest BCUT2D eigenvalue weighted by Crippen LogP contribution is -2.33. The molecule has 1 amide bonds. The molecule has 164 valence electrons. The van der Waals surface area contributed by atoms with Crippen LogP contribution in [0.2, 0.25) is 0 Å². The summed E-state index contributed by atoms with van der Waals surface area (Å²) in [7, 11) is 1.92. The van der Waals surface area contributed by atoms with Crippen LogP contribution in [0, 0.1) is 11.8 Å². The largest absolute Gasteiger partial charge is 0.331 e. The van der Waals surface area contributed by atoms with E-state index in [-0.39, 0.29) is 5.91 Å². The van der Waals surface area contributed by atoms with Crippen molar-refractivity contribution in [2.24, 2.45) is 11.8 Å². The number of fused-ring (bicyclic) bond motifs is 1. The van der Waals surface area contributed by atoms with Crippen molar-refractivity contribution < 1.29 is 4.79 Å². The third-order valence-corrected chi connectivity index (χ3v) is 6.02. The van der Waals surface area contributed by atoms with E-state index in [9.17, 15) is 4.79 Å². The van der Waals surface area contributed by atoms with Gasteiger partial charge in [0.05, 0.1) is 17.6 Å². The molecular weight excluding hydrogens is 384 g/mol. The van der Waals surface area contributed by atoms with Crippen LogP contribution in [-0.2, 0) is 19.6 Å². The molecule has 1 fully saturated rings. The molecule has 1 aromatic heterocycles. The molecule has 31 heavy (non-hydrogen) atoms. The van der Waals surface area contributed by atoms with Crippen LogP contribution in [0.25, 0.3) is 11.0 Å². The Morgan fingerprint density at radius 2 is 2.00 bits per heavy atom. The molecule has 1 aliphatic rings. The Labute approximate surface area is 185 Å². The fourth-order valence-corrected chi connectivity index (χ4v) is 4.05. The molecule has 0 atom stereocenters. The van der Waals surface area contributed by atoms with Gasteiger partial charge in [-0.3, -0.25) is 4.79 Å². The van der Waals surface area contributed by atoms with Gasteiger partial charge in [-0.1, -0.05) is 38.1 Å². The number of nitrogens with one attached hydrogen (secondary N) is 1. The second-order valence-corrected chi connectivity index (χ2v) is 9.21. The predicted octanol–water partition coefficient (Wildman–Crippen LogP) is 4.85. The minimum absolute atomic E-state index is 0.0867. The number of amides is 1. The number of rotatable bonds is 10. The first-order valence-electron chi connectivity index (χ1n) is 11.5. The van der Waals surface area contributed by atoms with Crippen molar-refractivity contribution in [3.05, 3.63) is 65.5 Å². The Hall–Kier alpha value is -2.66. The molecule has 1 saturated carbocycles. The van der Waals surface area contributed by atoms with E-state index in [1.807, 2.05) is 36.2 Å². The first-order valence-corrected chi connectivity index (χ1v) is 11.5. The Kier molecular flexibility index (Phi) is 6.71. The van der Waals surface area contributed by atoms with Crippen LogP contribution in [0.3, 0.4) is 0 Å². The third kappa shape index (κ3) is 5.34. The summed E-state index contributed by atoms with van der Waals surface area (Å²) in [5.74, 6) is 2.37. The molecule has 1 heterocycles. The molecule has 0 spiro atoms. The number of hydrogen-bond acceptors (Lipinski definition) is 3. The Bertz CT molecular complexity index is 1030. The topological polar surface area (TPSA) is 50.2 Å². The highest BCUT2D eigenvalue weighted by molar-refractivity contribution is 5.94. The SMILES string of the molecule is CNCc1cccc(C(=O)N(CCC(C)C)Cc2nc3ccccc3n2CC2CC2)c1. The van der Waals surface area contributed by atoms with E-state index < -0.39 is 0 Å². The van der Waals surface area contributed by atoms with Crippen molar-refractivity contribution in [3.8, 4) is 0 Å². The second-order valence-electron chi connectivity index (χ2n) is 9.21. The van der Waals surface area contributed by atoms with Crippen LogP contribution in [0.1, 0.15) is 54.9 Å². The van der Waals surface area contributed by atoms with Gasteiger partial charge in [0, 0.05) is 25.2 Å². The van der Waals surface area contributed by atoms with Gasteiger partial charge in [-0.2, -0.15) is 0 Å². The van der Waals surface area contributed by atoms with Crippen LogP contribution in [0.15, 0.2) is 48.5 Å². The summed E-state index contributed by atoms with van der Waals surface area (Å²) in [5, 5.41) is 3.17. The van der Waals surface area contributed by atoms with Crippen LogP contribution >= 0.6 is 0 Å². The van der Waals surface area contributed by atoms with E-state index in [2.05, 4.69) is 48.0 Å². The fraction of sp³-hybridized carbons (Fsp3) is 0.462. The first kappa shape index (κ1) is 21.6. The van der Waals surface area contributed by atoms with Crippen molar-refractivity contribution in [3.63, 3.8) is 0 Å². The first-order chi connectivity index (χ1) is 15.0. The van der Waals surface area contributed by atoms with Crippen molar-refractivity contribution >= 4 is 16.9 Å². The molecule has 0 bridgehead atoms. The van der Waals surface area contributed by atoms with E-state index in [0.717, 1.165) is 54.4 Å². The van der Waals surface area contributed by atoms with Gasteiger partial charge in [0.25, 0.3) is 5.91 Å². The zero-order chi connectivity index (χ0) is 21.8. The monoisotopic (exact) mass is 418 g/mol. The quantitative estimate of drug-likeness (QED) is 0.512. The molecule has 1 N–H and O–H groups in total. The standard InChI is InChI=1S/C26H34N4O/c1-19(2)13-14-29(26(31)22-8-6-7-21(15-22)16-27-3)18-25-28-23-9-4-5-10-24(23)30(25)17-20-11-12-20/h4-10,15,19-20,27H,11-14,16-18H2,1-3H3. The molecule has 3 aromatic rings. The maximum atomic E-state index is 13.5. The Morgan fingerprint density at radius 1 is 1.19 bits per heavy atom. The molecule has 0 unspecified atom stereocenters. The Balaban J connectivity index is 1.64. The van der Waals surface area contributed by atoms with Gasteiger partial charge in [-0.05, 0) is 68.0 Å². The van der Waals surface area contributed by atoms with Crippen molar-refractivity contribution in [1.29, 1.82) is 0 Å². The fourth-order valence-electron chi connectivity index (χ4n) is 4.05. The summed E-state index contributed by atoms with van der Waals surface area (Å²) in [4.78, 5) is 20.5. The molecule has 2 aromatic carbocycles. The second kappa shape index (κ2) is 9.65. The zero-order valence-corrected chi connectivity index (χ0v) is 19.0. The minimum Gasteiger partial charge on any atom is -0.331 e. The van der Waals surface area contributed by atoms with E-state index >= 15 is 0 Å².